The van der Waals surface area contributed by atoms with Gasteiger partial charge in [0.25, 0.3) is 5.91 Å². The fraction of sp³-hybridized carbons (Fsp3) is 0.167. The standard InChI is InChI=1S/C12H13N3O2/c1-9(17-11-7-13-14-8-11)12(16)15-10-5-3-2-4-6-10/h2-9H,1H3,(H,13,14)(H,15,16). The van der Waals surface area contributed by atoms with Gasteiger partial charge in [-0.25, -0.2) is 0 Å². The first-order valence-electron chi connectivity index (χ1n) is 5.27. The maximum atomic E-state index is 11.8. The molecule has 0 saturated heterocycles. The smallest absolute Gasteiger partial charge is 0.265 e. The van der Waals surface area contributed by atoms with E-state index >= 15 is 0 Å². The Bertz CT molecular complexity index is 468. The molecule has 88 valence electrons. The van der Waals surface area contributed by atoms with E-state index in [-0.39, 0.29) is 5.91 Å². The van der Waals surface area contributed by atoms with Crippen LogP contribution in [0.15, 0.2) is 42.7 Å². The third-order valence-corrected chi connectivity index (χ3v) is 2.20. The van der Waals surface area contributed by atoms with Crippen LogP contribution in [0.4, 0.5) is 5.69 Å². The lowest BCUT2D eigenvalue weighted by Crippen LogP contribution is -2.29. The molecule has 0 saturated carbocycles. The molecule has 1 aromatic heterocycles. The Kier molecular flexibility index (Phi) is 3.40. The molecule has 0 radical (unpaired) electrons. The van der Waals surface area contributed by atoms with E-state index in [4.69, 9.17) is 4.74 Å². The molecule has 0 bridgehead atoms. The van der Waals surface area contributed by atoms with Crippen LogP contribution in [0.25, 0.3) is 0 Å². The monoisotopic (exact) mass is 231 g/mol. The summed E-state index contributed by atoms with van der Waals surface area (Å²) in [5.41, 5.74) is 0.750. The fourth-order valence-electron chi connectivity index (χ4n) is 1.33. The summed E-state index contributed by atoms with van der Waals surface area (Å²) in [4.78, 5) is 11.8. The van der Waals surface area contributed by atoms with Gasteiger partial charge in [-0.2, -0.15) is 5.10 Å². The zero-order chi connectivity index (χ0) is 12.1. The van der Waals surface area contributed by atoms with Crippen LogP contribution in [0.2, 0.25) is 0 Å². The van der Waals surface area contributed by atoms with Gasteiger partial charge in [0.15, 0.2) is 11.9 Å². The van der Waals surface area contributed by atoms with Crippen molar-refractivity contribution < 1.29 is 9.53 Å². The number of aromatic nitrogens is 2. The molecule has 0 aliphatic rings. The van der Waals surface area contributed by atoms with Crippen LogP contribution in [0.1, 0.15) is 6.92 Å². The highest BCUT2D eigenvalue weighted by atomic mass is 16.5. The van der Waals surface area contributed by atoms with E-state index in [9.17, 15) is 4.79 Å². The largest absolute Gasteiger partial charge is 0.478 e. The van der Waals surface area contributed by atoms with Crippen LogP contribution in [-0.4, -0.2) is 22.2 Å². The number of benzene rings is 1. The molecule has 0 aliphatic heterocycles. The van der Waals surface area contributed by atoms with Crippen molar-refractivity contribution in [3.8, 4) is 5.75 Å². The molecule has 2 N–H and O–H groups in total. The number of ether oxygens (including phenoxy) is 1. The number of para-hydroxylation sites is 1. The molecule has 17 heavy (non-hydrogen) atoms. The van der Waals surface area contributed by atoms with E-state index in [1.54, 1.807) is 13.1 Å². The van der Waals surface area contributed by atoms with E-state index in [0.717, 1.165) is 5.69 Å². The molecule has 0 spiro atoms. The highest BCUT2D eigenvalue weighted by Gasteiger charge is 2.14. The van der Waals surface area contributed by atoms with Crippen LogP contribution >= 0.6 is 0 Å². The van der Waals surface area contributed by atoms with Gasteiger partial charge >= 0.3 is 0 Å². The summed E-state index contributed by atoms with van der Waals surface area (Å²) >= 11 is 0. The Morgan fingerprint density at radius 2 is 2.18 bits per heavy atom. The average Bonchev–Trinajstić information content (AvgIpc) is 2.83. The van der Waals surface area contributed by atoms with Gasteiger partial charge in [-0.15, -0.1) is 0 Å². The minimum absolute atomic E-state index is 0.197. The van der Waals surface area contributed by atoms with Gasteiger partial charge in [-0.3, -0.25) is 9.89 Å². The van der Waals surface area contributed by atoms with Gasteiger partial charge < -0.3 is 10.1 Å². The molecule has 0 fully saturated rings. The second kappa shape index (κ2) is 5.16. The molecule has 2 rings (SSSR count). The highest BCUT2D eigenvalue weighted by Crippen LogP contribution is 2.10. The lowest BCUT2D eigenvalue weighted by molar-refractivity contribution is -0.122. The average molecular weight is 231 g/mol. The number of nitrogens with one attached hydrogen (secondary N) is 2. The zero-order valence-electron chi connectivity index (χ0n) is 9.38. The lowest BCUT2D eigenvalue weighted by atomic mass is 10.3. The van der Waals surface area contributed by atoms with Crippen LogP contribution in [-0.2, 0) is 4.79 Å². The molecule has 5 nitrogen and oxygen atoms in total. The van der Waals surface area contributed by atoms with Crippen molar-refractivity contribution in [1.29, 1.82) is 0 Å². The summed E-state index contributed by atoms with van der Waals surface area (Å²) in [5, 5.41) is 9.11. The van der Waals surface area contributed by atoms with Crippen molar-refractivity contribution >= 4 is 11.6 Å². The normalized spacial score (nSPS) is 11.8. The van der Waals surface area contributed by atoms with Gasteiger partial charge in [0.05, 0.1) is 12.4 Å². The van der Waals surface area contributed by atoms with Crippen molar-refractivity contribution in [2.45, 2.75) is 13.0 Å². The van der Waals surface area contributed by atoms with Crippen molar-refractivity contribution in [2.24, 2.45) is 0 Å². The Labute approximate surface area is 98.8 Å². The molecule has 0 aliphatic carbocycles. The summed E-state index contributed by atoms with van der Waals surface area (Å²) in [6, 6.07) is 9.25. The third kappa shape index (κ3) is 3.07. The van der Waals surface area contributed by atoms with Crippen LogP contribution in [0.3, 0.4) is 0 Å². The van der Waals surface area contributed by atoms with Gasteiger partial charge in [-0.1, -0.05) is 18.2 Å². The molecule has 1 heterocycles. The summed E-state index contributed by atoms with van der Waals surface area (Å²) in [5.74, 6) is 0.345. The van der Waals surface area contributed by atoms with E-state index in [0.29, 0.717) is 5.75 Å². The molecule has 1 aromatic carbocycles. The Morgan fingerprint density at radius 3 is 2.82 bits per heavy atom. The van der Waals surface area contributed by atoms with Crippen molar-refractivity contribution in [3.63, 3.8) is 0 Å². The van der Waals surface area contributed by atoms with Gasteiger partial charge in [0.2, 0.25) is 0 Å². The van der Waals surface area contributed by atoms with Crippen molar-refractivity contribution in [3.05, 3.63) is 42.7 Å². The SMILES string of the molecule is CC(Oc1cn[nH]c1)C(=O)Nc1ccccc1. The predicted octanol–water partition coefficient (Wildman–Crippen LogP) is 1.82. The topological polar surface area (TPSA) is 67.0 Å². The predicted molar refractivity (Wildman–Crippen MR) is 63.7 cm³/mol. The van der Waals surface area contributed by atoms with Gasteiger partial charge in [0.1, 0.15) is 0 Å². The first-order valence-corrected chi connectivity index (χ1v) is 5.27. The maximum Gasteiger partial charge on any atom is 0.265 e. The quantitative estimate of drug-likeness (QED) is 0.843. The molecule has 1 amide bonds. The lowest BCUT2D eigenvalue weighted by Gasteiger charge is -2.12. The minimum atomic E-state index is -0.576. The van der Waals surface area contributed by atoms with E-state index in [1.165, 1.54) is 6.20 Å². The van der Waals surface area contributed by atoms with Crippen LogP contribution < -0.4 is 10.1 Å². The van der Waals surface area contributed by atoms with Crippen molar-refractivity contribution in [2.75, 3.05) is 5.32 Å². The number of rotatable bonds is 4. The number of H-pyrrole nitrogens is 1. The molecule has 1 atom stereocenters. The van der Waals surface area contributed by atoms with E-state index < -0.39 is 6.10 Å². The van der Waals surface area contributed by atoms with E-state index in [2.05, 4.69) is 15.5 Å². The minimum Gasteiger partial charge on any atom is -0.478 e. The zero-order valence-corrected chi connectivity index (χ0v) is 9.38. The Balaban J connectivity index is 1.92. The number of carbonyl (C=O) groups is 1. The first kappa shape index (κ1) is 11.2. The third-order valence-electron chi connectivity index (χ3n) is 2.20. The Morgan fingerprint density at radius 1 is 1.41 bits per heavy atom. The summed E-state index contributed by atoms with van der Waals surface area (Å²) in [7, 11) is 0. The van der Waals surface area contributed by atoms with Gasteiger partial charge in [0, 0.05) is 5.69 Å². The van der Waals surface area contributed by atoms with E-state index in [1.807, 2.05) is 30.3 Å². The number of carbonyl (C=O) groups excluding carboxylic acids is 1. The molecular weight excluding hydrogens is 218 g/mol. The number of hydrogen-bond donors (Lipinski definition) is 2. The number of anilines is 1. The molecule has 5 heteroatoms. The first-order chi connectivity index (χ1) is 8.25. The van der Waals surface area contributed by atoms with Crippen molar-refractivity contribution in [1.82, 2.24) is 10.2 Å². The van der Waals surface area contributed by atoms with Crippen LogP contribution in [0.5, 0.6) is 5.75 Å². The summed E-state index contributed by atoms with van der Waals surface area (Å²) in [6.07, 6.45) is 2.53. The Hall–Kier alpha value is -2.30. The number of amides is 1. The van der Waals surface area contributed by atoms with Gasteiger partial charge in [-0.05, 0) is 19.1 Å². The fourth-order valence-corrected chi connectivity index (χ4v) is 1.33. The summed E-state index contributed by atoms with van der Waals surface area (Å²) in [6.45, 7) is 1.69. The summed E-state index contributed by atoms with van der Waals surface area (Å²) < 4.78 is 5.38. The highest BCUT2D eigenvalue weighted by molar-refractivity contribution is 5.94. The number of aromatic amines is 1. The number of hydrogen-bond acceptors (Lipinski definition) is 3. The second-order valence-corrected chi connectivity index (χ2v) is 3.55. The second-order valence-electron chi connectivity index (χ2n) is 3.55. The maximum absolute atomic E-state index is 11.8. The number of nitrogens with zero attached hydrogens (tertiary/aromatic N) is 1. The van der Waals surface area contributed by atoms with Crippen LogP contribution in [0, 0.1) is 0 Å². The molecule has 2 aromatic rings. The molecular formula is C12H13N3O2. The molecule has 1 unspecified atom stereocenters.